The average molecular weight is 352 g/mol. The lowest BCUT2D eigenvalue weighted by Gasteiger charge is -2.40. The van der Waals surface area contributed by atoms with Gasteiger partial charge in [0.15, 0.2) is 0 Å². The normalized spacial score (nSPS) is 24.7. The number of likely N-dealkylation sites (tertiary alicyclic amines) is 1. The second-order valence-electron chi connectivity index (χ2n) is 6.20. The third-order valence-corrected chi connectivity index (χ3v) is 4.88. The second-order valence-corrected chi connectivity index (χ2v) is 6.64. The monoisotopic (exact) mass is 351 g/mol. The Morgan fingerprint density at radius 2 is 2.08 bits per heavy atom. The third kappa shape index (κ3) is 2.91. The van der Waals surface area contributed by atoms with Gasteiger partial charge in [-0.2, -0.15) is 0 Å². The molecule has 8 heteroatoms. The number of carboxylic acid groups (broad SMARTS) is 1. The number of hydrogen-bond acceptors (Lipinski definition) is 4. The number of fused-ring (bicyclic) bond motifs is 1. The van der Waals surface area contributed by atoms with Crippen LogP contribution in [0.5, 0.6) is 0 Å². The number of hydrogen-bond donors (Lipinski definition) is 3. The Labute approximate surface area is 144 Å². The molecule has 0 saturated carbocycles. The van der Waals surface area contributed by atoms with Crippen molar-refractivity contribution in [2.45, 2.75) is 37.9 Å². The maximum absolute atomic E-state index is 12.4. The summed E-state index contributed by atoms with van der Waals surface area (Å²) < 4.78 is 0. The third-order valence-electron chi connectivity index (χ3n) is 4.64. The van der Waals surface area contributed by atoms with Crippen LogP contribution in [0, 0.1) is 0 Å². The minimum absolute atomic E-state index is 0.161. The summed E-state index contributed by atoms with van der Waals surface area (Å²) in [6.07, 6.45) is 0.973. The van der Waals surface area contributed by atoms with E-state index in [9.17, 15) is 14.4 Å². The Bertz CT molecular complexity index is 723. The summed E-state index contributed by atoms with van der Waals surface area (Å²) in [4.78, 5) is 37.2. The van der Waals surface area contributed by atoms with Gasteiger partial charge in [-0.25, -0.2) is 4.79 Å². The highest BCUT2D eigenvalue weighted by Gasteiger charge is 2.41. The summed E-state index contributed by atoms with van der Waals surface area (Å²) in [5, 5.41) is 15.9. The van der Waals surface area contributed by atoms with Gasteiger partial charge in [0.1, 0.15) is 11.7 Å². The standard InChI is InChI=1S/C16H18ClN3O4/c1-9(15(23)24)20-7-6-16(5-4-13(20)21)18-12-3-2-10(17)8-11(12)14(22)19-16/h2-3,8-9,18H,4-7H2,1H3,(H,19,22)(H,23,24)/t9-,16-/m0/s1. The highest BCUT2D eigenvalue weighted by molar-refractivity contribution is 6.31. The number of carbonyl (C=O) groups excluding carboxylic acids is 2. The van der Waals surface area contributed by atoms with Gasteiger partial charge in [-0.15, -0.1) is 0 Å². The smallest absolute Gasteiger partial charge is 0.326 e. The van der Waals surface area contributed by atoms with Crippen molar-refractivity contribution < 1.29 is 19.5 Å². The van der Waals surface area contributed by atoms with Gasteiger partial charge in [-0.1, -0.05) is 11.6 Å². The first kappa shape index (κ1) is 16.6. The van der Waals surface area contributed by atoms with Crippen LogP contribution >= 0.6 is 11.6 Å². The zero-order chi connectivity index (χ0) is 17.5. The number of amides is 2. The summed E-state index contributed by atoms with van der Waals surface area (Å²) >= 11 is 5.93. The summed E-state index contributed by atoms with van der Waals surface area (Å²) in [6, 6.07) is 4.13. The first-order chi connectivity index (χ1) is 11.3. The van der Waals surface area contributed by atoms with Gasteiger partial charge in [0.2, 0.25) is 5.91 Å². The van der Waals surface area contributed by atoms with Crippen LogP contribution in [0.4, 0.5) is 5.69 Å². The molecule has 1 saturated heterocycles. The first-order valence-corrected chi connectivity index (χ1v) is 8.12. The molecule has 128 valence electrons. The Hall–Kier alpha value is -2.28. The number of carbonyl (C=O) groups is 3. The van der Waals surface area contributed by atoms with E-state index >= 15 is 0 Å². The highest BCUT2D eigenvalue weighted by Crippen LogP contribution is 2.33. The molecule has 2 atom stereocenters. The van der Waals surface area contributed by atoms with E-state index in [-0.39, 0.29) is 24.8 Å². The van der Waals surface area contributed by atoms with Gasteiger partial charge in [0, 0.05) is 30.1 Å². The van der Waals surface area contributed by atoms with Gasteiger partial charge in [-0.05, 0) is 31.5 Å². The van der Waals surface area contributed by atoms with E-state index in [4.69, 9.17) is 16.7 Å². The summed E-state index contributed by atoms with van der Waals surface area (Å²) in [6.45, 7) is 1.74. The molecule has 3 rings (SSSR count). The van der Waals surface area contributed by atoms with Crippen LogP contribution in [0.25, 0.3) is 0 Å². The molecule has 0 unspecified atom stereocenters. The van der Waals surface area contributed by atoms with Gasteiger partial charge < -0.3 is 20.6 Å². The van der Waals surface area contributed by atoms with Crippen LogP contribution in [0.1, 0.15) is 36.5 Å². The second kappa shape index (κ2) is 5.98. The van der Waals surface area contributed by atoms with E-state index in [1.807, 2.05) is 0 Å². The number of carboxylic acids is 1. The number of aliphatic carboxylic acids is 1. The van der Waals surface area contributed by atoms with Crippen LogP contribution in [-0.2, 0) is 9.59 Å². The van der Waals surface area contributed by atoms with E-state index in [0.717, 1.165) is 0 Å². The molecule has 1 fully saturated rings. The van der Waals surface area contributed by atoms with Crippen molar-refractivity contribution in [1.29, 1.82) is 0 Å². The molecule has 7 nitrogen and oxygen atoms in total. The fourth-order valence-corrected chi connectivity index (χ4v) is 3.38. The van der Waals surface area contributed by atoms with E-state index in [0.29, 0.717) is 29.1 Å². The number of anilines is 1. The van der Waals surface area contributed by atoms with E-state index in [1.54, 1.807) is 18.2 Å². The Kier molecular flexibility index (Phi) is 4.13. The molecule has 0 radical (unpaired) electrons. The van der Waals surface area contributed by atoms with Crippen molar-refractivity contribution in [1.82, 2.24) is 10.2 Å². The van der Waals surface area contributed by atoms with Crippen LogP contribution in [0.2, 0.25) is 5.02 Å². The molecule has 0 aromatic heterocycles. The zero-order valence-electron chi connectivity index (χ0n) is 13.1. The molecule has 0 bridgehead atoms. The van der Waals surface area contributed by atoms with Crippen LogP contribution in [-0.4, -0.2) is 46.0 Å². The van der Waals surface area contributed by atoms with Gasteiger partial charge in [0.05, 0.1) is 5.56 Å². The molecule has 1 aromatic carbocycles. The summed E-state index contributed by atoms with van der Waals surface area (Å²) in [5.74, 6) is -1.52. The topological polar surface area (TPSA) is 98.7 Å². The predicted molar refractivity (Wildman–Crippen MR) is 87.9 cm³/mol. The molecule has 3 N–H and O–H groups in total. The van der Waals surface area contributed by atoms with Crippen molar-refractivity contribution >= 4 is 35.1 Å². The van der Waals surface area contributed by atoms with Crippen molar-refractivity contribution in [2.24, 2.45) is 0 Å². The Balaban J connectivity index is 1.85. The molecule has 2 heterocycles. The molecule has 1 spiro atoms. The average Bonchev–Trinajstić information content (AvgIpc) is 2.68. The number of benzene rings is 1. The minimum atomic E-state index is -1.04. The first-order valence-electron chi connectivity index (χ1n) is 7.74. The number of halogens is 1. The Morgan fingerprint density at radius 1 is 1.33 bits per heavy atom. The largest absolute Gasteiger partial charge is 0.480 e. The fourth-order valence-electron chi connectivity index (χ4n) is 3.20. The molecular formula is C16H18ClN3O4. The molecule has 24 heavy (non-hydrogen) atoms. The van der Waals surface area contributed by atoms with Gasteiger partial charge in [-0.3, -0.25) is 9.59 Å². The summed E-state index contributed by atoms with van der Waals surface area (Å²) in [7, 11) is 0. The van der Waals surface area contributed by atoms with Gasteiger partial charge in [0.25, 0.3) is 5.91 Å². The van der Waals surface area contributed by atoms with Gasteiger partial charge >= 0.3 is 5.97 Å². The summed E-state index contributed by atoms with van der Waals surface area (Å²) in [5.41, 5.74) is 0.357. The maximum atomic E-state index is 12.4. The number of nitrogens with zero attached hydrogens (tertiary/aromatic N) is 1. The molecule has 2 amide bonds. The van der Waals surface area contributed by atoms with Crippen LogP contribution < -0.4 is 10.6 Å². The molecular weight excluding hydrogens is 334 g/mol. The van der Waals surface area contributed by atoms with E-state index in [1.165, 1.54) is 11.8 Å². The highest BCUT2D eigenvalue weighted by atomic mass is 35.5. The lowest BCUT2D eigenvalue weighted by atomic mass is 9.95. The van der Waals surface area contributed by atoms with E-state index < -0.39 is 17.7 Å². The lowest BCUT2D eigenvalue weighted by molar-refractivity contribution is -0.149. The van der Waals surface area contributed by atoms with Crippen molar-refractivity contribution in [2.75, 3.05) is 11.9 Å². The maximum Gasteiger partial charge on any atom is 0.326 e. The Morgan fingerprint density at radius 3 is 2.79 bits per heavy atom. The SMILES string of the molecule is C[C@@H](C(=O)O)N1CC[C@]2(CCC1=O)NC(=O)c1cc(Cl)ccc1N2. The minimum Gasteiger partial charge on any atom is -0.480 e. The van der Waals surface area contributed by atoms with Crippen LogP contribution in [0.15, 0.2) is 18.2 Å². The van der Waals surface area contributed by atoms with Crippen molar-refractivity contribution in [3.63, 3.8) is 0 Å². The zero-order valence-corrected chi connectivity index (χ0v) is 13.9. The van der Waals surface area contributed by atoms with Crippen LogP contribution in [0.3, 0.4) is 0 Å². The molecule has 1 aromatic rings. The van der Waals surface area contributed by atoms with E-state index in [2.05, 4.69) is 10.6 Å². The quantitative estimate of drug-likeness (QED) is 0.753. The molecule has 2 aliphatic heterocycles. The molecule has 2 aliphatic rings. The fraction of sp³-hybridized carbons (Fsp3) is 0.438. The number of rotatable bonds is 2. The van der Waals surface area contributed by atoms with Crippen molar-refractivity contribution in [3.05, 3.63) is 28.8 Å². The van der Waals surface area contributed by atoms with Crippen molar-refractivity contribution in [3.8, 4) is 0 Å². The number of nitrogens with one attached hydrogen (secondary N) is 2. The lowest BCUT2D eigenvalue weighted by Crippen LogP contribution is -2.58. The predicted octanol–water partition coefficient (Wildman–Crippen LogP) is 1.68. The molecule has 0 aliphatic carbocycles.